The van der Waals surface area contributed by atoms with Crippen LogP contribution in [0.15, 0.2) is 36.7 Å². The topological polar surface area (TPSA) is 110 Å². The van der Waals surface area contributed by atoms with Crippen molar-refractivity contribution in [2.24, 2.45) is 0 Å². The number of pyridine rings is 1. The van der Waals surface area contributed by atoms with Gasteiger partial charge in [-0.25, -0.2) is 9.48 Å². The molecule has 0 radical (unpaired) electrons. The number of rotatable bonds is 4. The van der Waals surface area contributed by atoms with Crippen molar-refractivity contribution in [1.82, 2.24) is 24.9 Å². The number of aromatic nitrogens is 4. The number of carboxylic acids is 1. The van der Waals surface area contributed by atoms with E-state index in [1.165, 1.54) is 12.0 Å². The summed E-state index contributed by atoms with van der Waals surface area (Å²) in [7, 11) is 1.51. The van der Waals surface area contributed by atoms with Crippen LogP contribution in [0.25, 0.3) is 16.5 Å². The third-order valence-electron chi connectivity index (χ3n) is 5.13. The minimum atomic E-state index is -1.06. The van der Waals surface area contributed by atoms with E-state index in [9.17, 15) is 14.7 Å². The van der Waals surface area contributed by atoms with Crippen molar-refractivity contribution in [1.29, 1.82) is 0 Å². The standard InChI is InChI=1S/C19H19N5O4/c1-11-17(18(25)23-10-13(28-2)8-16(23)19(26)27)21-22-24(11)15-5-3-4-12-9-20-7-6-14(12)15/h3-7,9,13,16H,8,10H2,1-2H3,(H,26,27). The molecule has 0 saturated carbocycles. The van der Waals surface area contributed by atoms with Crippen molar-refractivity contribution < 1.29 is 19.4 Å². The zero-order chi connectivity index (χ0) is 19.8. The van der Waals surface area contributed by atoms with E-state index in [4.69, 9.17) is 4.74 Å². The molecular weight excluding hydrogens is 362 g/mol. The number of methoxy groups -OCH3 is 1. The fraction of sp³-hybridized carbons (Fsp3) is 0.316. The number of benzene rings is 1. The van der Waals surface area contributed by atoms with Gasteiger partial charge in [-0.15, -0.1) is 5.10 Å². The average molecular weight is 381 g/mol. The second-order valence-corrected chi connectivity index (χ2v) is 6.71. The maximum atomic E-state index is 13.0. The van der Waals surface area contributed by atoms with Gasteiger partial charge in [0.05, 0.1) is 17.5 Å². The second-order valence-electron chi connectivity index (χ2n) is 6.71. The first kappa shape index (κ1) is 18.1. The summed E-state index contributed by atoms with van der Waals surface area (Å²) in [6, 6.07) is 6.64. The maximum Gasteiger partial charge on any atom is 0.326 e. The molecule has 3 heterocycles. The number of aliphatic carboxylic acids is 1. The number of carboxylic acid groups (broad SMARTS) is 1. The van der Waals surface area contributed by atoms with Crippen molar-refractivity contribution in [2.45, 2.75) is 25.5 Å². The van der Waals surface area contributed by atoms with E-state index in [0.717, 1.165) is 16.5 Å². The molecule has 0 aliphatic carbocycles. The molecule has 1 N–H and O–H groups in total. The Morgan fingerprint density at radius 3 is 2.86 bits per heavy atom. The number of hydrogen-bond donors (Lipinski definition) is 1. The van der Waals surface area contributed by atoms with Gasteiger partial charge in [0.25, 0.3) is 5.91 Å². The Morgan fingerprint density at radius 1 is 1.29 bits per heavy atom. The summed E-state index contributed by atoms with van der Waals surface area (Å²) in [5.74, 6) is -1.52. The highest BCUT2D eigenvalue weighted by atomic mass is 16.5. The molecular formula is C19H19N5O4. The summed E-state index contributed by atoms with van der Waals surface area (Å²) in [4.78, 5) is 30.0. The number of fused-ring (bicyclic) bond motifs is 1. The van der Waals surface area contributed by atoms with Crippen LogP contribution in [0.1, 0.15) is 22.6 Å². The molecule has 0 spiro atoms. The molecule has 9 nitrogen and oxygen atoms in total. The van der Waals surface area contributed by atoms with Crippen molar-refractivity contribution in [2.75, 3.05) is 13.7 Å². The van der Waals surface area contributed by atoms with Gasteiger partial charge in [-0.1, -0.05) is 17.3 Å². The SMILES string of the molecule is COC1CC(C(=O)O)N(C(=O)c2nnn(-c3cccc4cnccc34)c2C)C1. The molecule has 1 fully saturated rings. The summed E-state index contributed by atoms with van der Waals surface area (Å²) in [5.41, 5.74) is 1.45. The normalized spacial score (nSPS) is 19.3. The fourth-order valence-corrected chi connectivity index (χ4v) is 3.61. The van der Waals surface area contributed by atoms with Gasteiger partial charge in [0, 0.05) is 43.2 Å². The molecule has 3 aromatic rings. The lowest BCUT2D eigenvalue weighted by Gasteiger charge is -2.20. The quantitative estimate of drug-likeness (QED) is 0.728. The van der Waals surface area contributed by atoms with Crippen LogP contribution in [0.3, 0.4) is 0 Å². The maximum absolute atomic E-state index is 13.0. The number of carbonyl (C=O) groups excluding carboxylic acids is 1. The lowest BCUT2D eigenvalue weighted by Crippen LogP contribution is -2.41. The highest BCUT2D eigenvalue weighted by Crippen LogP contribution is 2.25. The molecule has 0 bridgehead atoms. The van der Waals surface area contributed by atoms with Crippen LogP contribution >= 0.6 is 0 Å². The summed E-state index contributed by atoms with van der Waals surface area (Å²) in [5, 5.41) is 19.6. The molecule has 144 valence electrons. The smallest absolute Gasteiger partial charge is 0.326 e. The largest absolute Gasteiger partial charge is 0.480 e. The van der Waals surface area contributed by atoms with E-state index in [0.29, 0.717) is 5.69 Å². The first-order valence-electron chi connectivity index (χ1n) is 8.83. The Morgan fingerprint density at radius 2 is 2.11 bits per heavy atom. The van der Waals surface area contributed by atoms with Crippen molar-refractivity contribution in [3.63, 3.8) is 0 Å². The molecule has 1 amide bonds. The predicted octanol–water partition coefficient (Wildman–Crippen LogP) is 1.44. The van der Waals surface area contributed by atoms with Gasteiger partial charge >= 0.3 is 5.97 Å². The molecule has 28 heavy (non-hydrogen) atoms. The fourth-order valence-electron chi connectivity index (χ4n) is 3.61. The Balaban J connectivity index is 1.72. The number of carbonyl (C=O) groups is 2. The van der Waals surface area contributed by atoms with Gasteiger partial charge in [0.2, 0.25) is 0 Å². The van der Waals surface area contributed by atoms with Crippen molar-refractivity contribution in [3.05, 3.63) is 48.0 Å². The van der Waals surface area contributed by atoms with Crippen LogP contribution in [0.2, 0.25) is 0 Å². The Hall–Kier alpha value is -3.33. The molecule has 2 aromatic heterocycles. The summed E-state index contributed by atoms with van der Waals surface area (Å²) in [6.45, 7) is 1.95. The number of hydrogen-bond acceptors (Lipinski definition) is 6. The van der Waals surface area contributed by atoms with Gasteiger partial charge in [-0.3, -0.25) is 9.78 Å². The third-order valence-corrected chi connectivity index (χ3v) is 5.13. The van der Waals surface area contributed by atoms with Crippen LogP contribution in [0.5, 0.6) is 0 Å². The highest BCUT2D eigenvalue weighted by molar-refractivity contribution is 5.97. The monoisotopic (exact) mass is 381 g/mol. The van der Waals surface area contributed by atoms with Gasteiger partial charge < -0.3 is 14.7 Å². The minimum Gasteiger partial charge on any atom is -0.480 e. The van der Waals surface area contributed by atoms with Crippen LogP contribution < -0.4 is 0 Å². The summed E-state index contributed by atoms with van der Waals surface area (Å²) >= 11 is 0. The highest BCUT2D eigenvalue weighted by Gasteiger charge is 2.41. The molecule has 1 aliphatic rings. The second kappa shape index (κ2) is 7.01. The third kappa shape index (κ3) is 2.89. The Kier molecular flexibility index (Phi) is 4.52. The predicted molar refractivity (Wildman–Crippen MR) is 99.3 cm³/mol. The van der Waals surface area contributed by atoms with Crippen LogP contribution in [0, 0.1) is 6.92 Å². The molecule has 9 heteroatoms. The zero-order valence-corrected chi connectivity index (χ0v) is 15.4. The molecule has 2 unspecified atom stereocenters. The van der Waals surface area contributed by atoms with E-state index in [1.54, 1.807) is 24.0 Å². The lowest BCUT2D eigenvalue weighted by molar-refractivity contribution is -0.141. The zero-order valence-electron chi connectivity index (χ0n) is 15.4. The first-order chi connectivity index (χ1) is 13.5. The molecule has 4 rings (SSSR count). The number of likely N-dealkylation sites (tertiary alicyclic amines) is 1. The van der Waals surface area contributed by atoms with Crippen LogP contribution in [-0.4, -0.2) is 67.7 Å². The van der Waals surface area contributed by atoms with E-state index in [-0.39, 0.29) is 24.8 Å². The van der Waals surface area contributed by atoms with Crippen LogP contribution in [0.4, 0.5) is 0 Å². The minimum absolute atomic E-state index is 0.133. The van der Waals surface area contributed by atoms with Crippen molar-refractivity contribution >= 4 is 22.6 Å². The van der Waals surface area contributed by atoms with E-state index in [2.05, 4.69) is 15.3 Å². The molecule has 2 atom stereocenters. The molecule has 1 aromatic carbocycles. The Bertz CT molecular complexity index is 1060. The number of ether oxygens (including phenoxy) is 1. The van der Waals surface area contributed by atoms with E-state index >= 15 is 0 Å². The van der Waals surface area contributed by atoms with E-state index < -0.39 is 17.9 Å². The van der Waals surface area contributed by atoms with Crippen LogP contribution in [-0.2, 0) is 9.53 Å². The van der Waals surface area contributed by atoms with E-state index in [1.807, 2.05) is 24.3 Å². The lowest BCUT2D eigenvalue weighted by atomic mass is 10.1. The number of nitrogens with zero attached hydrogens (tertiary/aromatic N) is 5. The molecule has 1 aliphatic heterocycles. The van der Waals surface area contributed by atoms with Gasteiger partial charge in [-0.05, 0) is 19.1 Å². The first-order valence-corrected chi connectivity index (χ1v) is 8.83. The number of amides is 1. The van der Waals surface area contributed by atoms with Gasteiger partial charge in [0.1, 0.15) is 6.04 Å². The molecule has 1 saturated heterocycles. The average Bonchev–Trinajstić information content (AvgIpc) is 3.31. The summed E-state index contributed by atoms with van der Waals surface area (Å²) < 4.78 is 6.85. The Labute approximate surface area is 160 Å². The summed E-state index contributed by atoms with van der Waals surface area (Å²) in [6.07, 6.45) is 3.38. The van der Waals surface area contributed by atoms with Crippen molar-refractivity contribution in [3.8, 4) is 5.69 Å². The van der Waals surface area contributed by atoms with Gasteiger partial charge in [0.15, 0.2) is 5.69 Å². The van der Waals surface area contributed by atoms with Gasteiger partial charge in [-0.2, -0.15) is 0 Å².